The number of rotatable bonds is 4. The van der Waals surface area contributed by atoms with Gasteiger partial charge in [0, 0.05) is 46.6 Å². The van der Waals surface area contributed by atoms with Gasteiger partial charge in [0.25, 0.3) is 0 Å². The van der Waals surface area contributed by atoms with E-state index >= 15 is 0 Å². The highest BCUT2D eigenvalue weighted by atomic mass is 32.1. The molecule has 2 N–H and O–H groups in total. The fourth-order valence-electron chi connectivity index (χ4n) is 5.38. The van der Waals surface area contributed by atoms with Crippen molar-refractivity contribution in [2.75, 3.05) is 11.9 Å². The second-order valence-corrected chi connectivity index (χ2v) is 11.3. The van der Waals surface area contributed by atoms with E-state index in [1.54, 1.807) is 11.3 Å². The third kappa shape index (κ3) is 4.13. The molecule has 0 amide bonds. The van der Waals surface area contributed by atoms with Crippen molar-refractivity contribution in [1.29, 1.82) is 0 Å². The van der Waals surface area contributed by atoms with Gasteiger partial charge in [-0.2, -0.15) is 5.10 Å². The van der Waals surface area contributed by atoms with Crippen molar-refractivity contribution in [2.45, 2.75) is 64.6 Å². The molecule has 0 saturated carbocycles. The van der Waals surface area contributed by atoms with Crippen LogP contribution in [0.4, 0.5) is 5.82 Å². The molecule has 1 aliphatic rings. The molecule has 0 bridgehead atoms. The Balaban J connectivity index is 1.45. The molecule has 7 nitrogen and oxygen atoms in total. The summed E-state index contributed by atoms with van der Waals surface area (Å²) in [5.74, 6) is 0.900. The van der Waals surface area contributed by atoms with Crippen LogP contribution in [-0.4, -0.2) is 49.5 Å². The Morgan fingerprint density at radius 1 is 0.970 bits per heavy atom. The Kier molecular flexibility index (Phi) is 5.25. The predicted molar refractivity (Wildman–Crippen MR) is 136 cm³/mol. The first-order chi connectivity index (χ1) is 15.6. The number of piperidine rings is 1. The quantitative estimate of drug-likeness (QED) is 0.435. The van der Waals surface area contributed by atoms with Gasteiger partial charge in [0.15, 0.2) is 5.82 Å². The smallest absolute Gasteiger partial charge is 0.151 e. The first kappa shape index (κ1) is 22.0. The lowest BCUT2D eigenvalue weighted by Gasteiger charge is -2.49. The zero-order valence-corrected chi connectivity index (χ0v) is 20.9. The second-order valence-electron chi connectivity index (χ2n) is 10.4. The third-order valence-electron chi connectivity index (χ3n) is 6.61. The van der Waals surface area contributed by atoms with Gasteiger partial charge in [-0.3, -0.25) is 5.10 Å². The SMILES string of the molecule is Cc1[nH]ncc1-c1ccc(-c2ccc(N(C)C3CC(C)(C)NC(C)(C)C3)nn2)c2ncsc12. The number of aromatic nitrogens is 5. The van der Waals surface area contributed by atoms with E-state index in [4.69, 9.17) is 0 Å². The normalized spacial score (nSPS) is 18.0. The summed E-state index contributed by atoms with van der Waals surface area (Å²) in [4.78, 5) is 6.94. The topological polar surface area (TPSA) is 82.6 Å². The highest BCUT2D eigenvalue weighted by Crippen LogP contribution is 2.38. The minimum Gasteiger partial charge on any atom is -0.355 e. The molecular formula is C25H31N7S. The van der Waals surface area contributed by atoms with Crippen LogP contribution < -0.4 is 10.2 Å². The van der Waals surface area contributed by atoms with E-state index < -0.39 is 0 Å². The number of hydrogen-bond donors (Lipinski definition) is 2. The zero-order valence-electron chi connectivity index (χ0n) is 20.1. The van der Waals surface area contributed by atoms with Crippen LogP contribution >= 0.6 is 11.3 Å². The molecule has 1 fully saturated rings. The van der Waals surface area contributed by atoms with Gasteiger partial charge in [-0.15, -0.1) is 21.5 Å². The molecule has 4 aromatic rings. The van der Waals surface area contributed by atoms with Gasteiger partial charge < -0.3 is 10.2 Å². The minimum atomic E-state index is 0.0827. The minimum absolute atomic E-state index is 0.0827. The summed E-state index contributed by atoms with van der Waals surface area (Å²) >= 11 is 1.64. The summed E-state index contributed by atoms with van der Waals surface area (Å²) < 4.78 is 1.14. The molecule has 0 atom stereocenters. The van der Waals surface area contributed by atoms with E-state index in [9.17, 15) is 0 Å². The van der Waals surface area contributed by atoms with Gasteiger partial charge in [0.1, 0.15) is 0 Å². The number of hydrogen-bond acceptors (Lipinski definition) is 7. The second kappa shape index (κ2) is 7.88. The summed E-state index contributed by atoms with van der Waals surface area (Å²) in [6.45, 7) is 11.1. The van der Waals surface area contributed by atoms with Crippen LogP contribution in [0.15, 0.2) is 36.0 Å². The lowest BCUT2D eigenvalue weighted by Crippen LogP contribution is -2.62. The van der Waals surface area contributed by atoms with Crippen molar-refractivity contribution in [3.63, 3.8) is 0 Å². The lowest BCUT2D eigenvalue weighted by molar-refractivity contribution is 0.160. The number of thiazole rings is 1. The van der Waals surface area contributed by atoms with E-state index in [-0.39, 0.29) is 11.1 Å². The summed E-state index contributed by atoms with van der Waals surface area (Å²) in [5.41, 5.74) is 8.15. The van der Waals surface area contributed by atoms with Crippen LogP contribution in [0, 0.1) is 6.92 Å². The lowest BCUT2D eigenvalue weighted by atomic mass is 9.79. The van der Waals surface area contributed by atoms with Crippen molar-refractivity contribution in [1.82, 2.24) is 30.7 Å². The van der Waals surface area contributed by atoms with Crippen LogP contribution in [0.25, 0.3) is 32.6 Å². The fourth-order valence-corrected chi connectivity index (χ4v) is 6.22. The van der Waals surface area contributed by atoms with Crippen molar-refractivity contribution < 1.29 is 0 Å². The van der Waals surface area contributed by atoms with Gasteiger partial charge in [0.2, 0.25) is 0 Å². The van der Waals surface area contributed by atoms with Crippen molar-refractivity contribution >= 4 is 27.4 Å². The van der Waals surface area contributed by atoms with Crippen LogP contribution in [-0.2, 0) is 0 Å². The van der Waals surface area contributed by atoms with E-state index in [1.165, 1.54) is 0 Å². The maximum Gasteiger partial charge on any atom is 0.151 e. The molecular weight excluding hydrogens is 430 g/mol. The van der Waals surface area contributed by atoms with E-state index in [2.05, 4.69) is 94.6 Å². The van der Waals surface area contributed by atoms with E-state index in [0.29, 0.717) is 6.04 Å². The van der Waals surface area contributed by atoms with Crippen molar-refractivity contribution in [3.8, 4) is 22.4 Å². The molecule has 3 aromatic heterocycles. The average Bonchev–Trinajstić information content (AvgIpc) is 3.40. The first-order valence-corrected chi connectivity index (χ1v) is 12.2. The van der Waals surface area contributed by atoms with Gasteiger partial charge in [-0.25, -0.2) is 4.98 Å². The molecule has 172 valence electrons. The first-order valence-electron chi connectivity index (χ1n) is 11.4. The maximum atomic E-state index is 4.66. The van der Waals surface area contributed by atoms with Gasteiger partial charge in [-0.1, -0.05) is 6.07 Å². The number of benzene rings is 1. The van der Waals surface area contributed by atoms with Gasteiger partial charge in [-0.05, 0) is 65.7 Å². The number of fused-ring (bicyclic) bond motifs is 1. The molecule has 5 rings (SSSR count). The van der Waals surface area contributed by atoms with Crippen molar-refractivity contribution in [3.05, 3.63) is 41.7 Å². The predicted octanol–water partition coefficient (Wildman–Crippen LogP) is 5.20. The highest BCUT2D eigenvalue weighted by molar-refractivity contribution is 7.17. The number of aromatic amines is 1. The number of anilines is 1. The van der Waals surface area contributed by atoms with E-state index in [1.807, 2.05) is 18.6 Å². The fraction of sp³-hybridized carbons (Fsp3) is 0.440. The number of nitrogens with zero attached hydrogens (tertiary/aromatic N) is 5. The van der Waals surface area contributed by atoms with Crippen molar-refractivity contribution in [2.24, 2.45) is 0 Å². The monoisotopic (exact) mass is 461 g/mol. The zero-order chi connectivity index (χ0) is 23.4. The molecule has 1 aromatic carbocycles. The number of H-pyrrole nitrogens is 1. The summed E-state index contributed by atoms with van der Waals surface area (Å²) in [7, 11) is 2.13. The molecule has 1 saturated heterocycles. The summed E-state index contributed by atoms with van der Waals surface area (Å²) in [6.07, 6.45) is 3.99. The van der Waals surface area contributed by atoms with Crippen LogP contribution in [0.1, 0.15) is 46.2 Å². The Labute approximate surface area is 198 Å². The molecule has 1 aliphatic heterocycles. The molecule has 8 heteroatoms. The number of nitrogens with one attached hydrogen (secondary N) is 2. The summed E-state index contributed by atoms with van der Waals surface area (Å²) in [5, 5.41) is 20.2. The maximum absolute atomic E-state index is 4.66. The number of aryl methyl sites for hydroxylation is 1. The molecule has 0 spiro atoms. The van der Waals surface area contributed by atoms with Crippen LogP contribution in [0.2, 0.25) is 0 Å². The van der Waals surface area contributed by atoms with Crippen LogP contribution in [0.3, 0.4) is 0 Å². The molecule has 0 radical (unpaired) electrons. The molecule has 0 aliphatic carbocycles. The Morgan fingerprint density at radius 3 is 2.33 bits per heavy atom. The largest absolute Gasteiger partial charge is 0.355 e. The van der Waals surface area contributed by atoms with Gasteiger partial charge in [0.05, 0.1) is 27.6 Å². The summed E-state index contributed by atoms with van der Waals surface area (Å²) in [6, 6.07) is 8.77. The average molecular weight is 462 g/mol. The molecule has 0 unspecified atom stereocenters. The third-order valence-corrected chi connectivity index (χ3v) is 7.47. The van der Waals surface area contributed by atoms with Crippen LogP contribution in [0.5, 0.6) is 0 Å². The highest BCUT2D eigenvalue weighted by Gasteiger charge is 2.39. The van der Waals surface area contributed by atoms with E-state index in [0.717, 1.165) is 57.0 Å². The Morgan fingerprint density at radius 2 is 1.70 bits per heavy atom. The molecule has 4 heterocycles. The standard InChI is InChI=1S/C25H31N7S/c1-15-19(13-27-28-15)17-7-8-18(22-23(17)33-14-26-22)20-9-10-21(30-29-20)32(6)16-11-24(2,3)31-25(4,5)12-16/h7-10,13-14,16,31H,11-12H2,1-6H3,(H,27,28). The Bertz CT molecular complexity index is 1270. The molecule has 33 heavy (non-hydrogen) atoms. The Hall–Kier alpha value is -2.84. The van der Waals surface area contributed by atoms with Gasteiger partial charge >= 0.3 is 0 Å².